The van der Waals surface area contributed by atoms with E-state index in [0.717, 1.165) is 0 Å². The Labute approximate surface area is 77.2 Å². The highest BCUT2D eigenvalue weighted by atomic mass is 16.5. The summed E-state index contributed by atoms with van der Waals surface area (Å²) < 4.78 is 20.9. The fourth-order valence-corrected chi connectivity index (χ4v) is 0.718. The third-order valence-corrected chi connectivity index (χ3v) is 1.25. The van der Waals surface area contributed by atoms with E-state index in [4.69, 9.17) is 7.48 Å². The minimum Gasteiger partial charge on any atom is -0.371 e. The van der Waals surface area contributed by atoms with Gasteiger partial charge >= 0.3 is 0 Å². The Bertz CT molecular complexity index is 288. The van der Waals surface area contributed by atoms with Gasteiger partial charge in [-0.3, -0.25) is 0 Å². The summed E-state index contributed by atoms with van der Waals surface area (Å²) in [5.74, 6) is 0. The second-order valence-electron chi connectivity index (χ2n) is 3.68. The highest BCUT2D eigenvalue weighted by Crippen LogP contribution is 2.10. The van der Waals surface area contributed by atoms with Gasteiger partial charge < -0.3 is 4.74 Å². The van der Waals surface area contributed by atoms with Crippen LogP contribution in [0.1, 0.15) is 29.1 Å². The first kappa shape index (κ1) is 6.67. The Balaban J connectivity index is 2.86. The Morgan fingerprint density at radius 2 is 1.83 bits per heavy atom. The maximum absolute atomic E-state index is 7.77. The van der Waals surface area contributed by atoms with E-state index in [2.05, 4.69) is 0 Å². The van der Waals surface area contributed by atoms with Crippen LogP contribution in [0.2, 0.25) is 0 Å². The van der Waals surface area contributed by atoms with Crippen LogP contribution >= 0.6 is 0 Å². The summed E-state index contributed by atoms with van der Waals surface area (Å²) in [6, 6.07) is 8.92. The maximum atomic E-state index is 7.77. The van der Waals surface area contributed by atoms with Crippen molar-refractivity contribution in [3.63, 3.8) is 0 Å². The van der Waals surface area contributed by atoms with Gasteiger partial charge in [0.25, 0.3) is 0 Å². The number of ether oxygens (including phenoxy) is 1. The van der Waals surface area contributed by atoms with Crippen LogP contribution in [0.5, 0.6) is 0 Å². The molecule has 0 aliphatic carbocycles. The zero-order valence-electron chi connectivity index (χ0n) is 9.79. The molecular weight excluding hydrogens is 148 g/mol. The predicted octanol–water partition coefficient (Wildman–Crippen LogP) is 3.00. The monoisotopic (exact) mass is 166 g/mol. The van der Waals surface area contributed by atoms with E-state index < -0.39 is 12.2 Å². The molecule has 0 aliphatic heterocycles. The lowest BCUT2D eigenvalue weighted by Crippen LogP contribution is -2.18. The van der Waals surface area contributed by atoms with Crippen LogP contribution in [0.3, 0.4) is 0 Å². The molecule has 66 valence electrons. The molecule has 1 rings (SSSR count). The van der Waals surface area contributed by atoms with Gasteiger partial charge in [0.15, 0.2) is 0 Å². The molecule has 0 spiro atoms. The second kappa shape index (κ2) is 3.72. The highest BCUT2D eigenvalue weighted by molar-refractivity contribution is 5.13. The molecule has 0 saturated carbocycles. The van der Waals surface area contributed by atoms with Crippen LogP contribution < -0.4 is 0 Å². The molecule has 0 atom stereocenters. The van der Waals surface area contributed by atoms with Crippen LogP contribution in [-0.4, -0.2) is 5.60 Å². The predicted molar refractivity (Wildman–Crippen MR) is 51.0 cm³/mol. The first-order valence-corrected chi connectivity index (χ1v) is 4.07. The van der Waals surface area contributed by atoms with Crippen LogP contribution in [0, 0.1) is 0 Å². The molecule has 0 bridgehead atoms. The van der Waals surface area contributed by atoms with E-state index in [9.17, 15) is 0 Å². The molecule has 0 aliphatic rings. The van der Waals surface area contributed by atoms with Crippen molar-refractivity contribution < 1.29 is 7.48 Å². The Morgan fingerprint density at radius 1 is 1.25 bits per heavy atom. The summed E-state index contributed by atoms with van der Waals surface area (Å²) in [6.07, 6.45) is 0. The zero-order chi connectivity index (χ0) is 10.8. The van der Waals surface area contributed by atoms with Crippen molar-refractivity contribution in [1.29, 1.82) is 0 Å². The molecule has 0 fully saturated rings. The summed E-state index contributed by atoms with van der Waals surface area (Å²) in [6.45, 7) is 3.80. The average Bonchev–Trinajstić information content (AvgIpc) is 2.01. The summed E-state index contributed by atoms with van der Waals surface area (Å²) in [4.78, 5) is 0. The normalized spacial score (nSPS) is 15.2. The largest absolute Gasteiger partial charge is 0.371 e. The summed E-state index contributed by atoms with van der Waals surface area (Å²) in [7, 11) is 0. The highest BCUT2D eigenvalue weighted by Gasteiger charge is 2.09. The molecule has 1 aromatic carbocycles. The van der Waals surface area contributed by atoms with Crippen molar-refractivity contribution >= 4 is 0 Å². The third kappa shape index (κ3) is 3.54. The van der Waals surface area contributed by atoms with Crippen molar-refractivity contribution in [2.24, 2.45) is 0 Å². The molecule has 1 aromatic rings. The van der Waals surface area contributed by atoms with Gasteiger partial charge in [-0.2, -0.15) is 0 Å². The minimum atomic E-state index is -1.72. The van der Waals surface area contributed by atoms with E-state index in [-0.39, 0.29) is 0 Å². The van der Waals surface area contributed by atoms with Gasteiger partial charge in [0.1, 0.15) is 0 Å². The lowest BCUT2D eigenvalue weighted by Gasteiger charge is -2.19. The molecule has 0 unspecified atom stereocenters. The fraction of sp³-hybridized carbons (Fsp3) is 0.455. The van der Waals surface area contributed by atoms with Gasteiger partial charge in [0, 0.05) is 0 Å². The van der Waals surface area contributed by atoms with Crippen LogP contribution in [0.4, 0.5) is 0 Å². The lowest BCUT2D eigenvalue weighted by atomic mass is 10.2. The molecule has 1 heteroatoms. The van der Waals surface area contributed by atoms with E-state index in [1.54, 1.807) is 24.3 Å². The standard InChI is InChI=1S/C11H16O/c1-11(2,3)12-9-10-7-5-4-6-8-10/h4-8H,9H2,1-3H3/i9D2. The summed E-state index contributed by atoms with van der Waals surface area (Å²) in [5, 5.41) is 0. The molecule has 0 amide bonds. The van der Waals surface area contributed by atoms with Crippen molar-refractivity contribution in [3.8, 4) is 0 Å². The van der Waals surface area contributed by atoms with Gasteiger partial charge in [-0.25, -0.2) is 0 Å². The third-order valence-electron chi connectivity index (χ3n) is 1.25. The molecule has 0 heterocycles. The topological polar surface area (TPSA) is 9.23 Å². The summed E-state index contributed by atoms with van der Waals surface area (Å²) >= 11 is 0. The first-order valence-electron chi connectivity index (χ1n) is 5.07. The van der Waals surface area contributed by atoms with E-state index >= 15 is 0 Å². The van der Waals surface area contributed by atoms with Crippen LogP contribution in [0.15, 0.2) is 30.3 Å². The van der Waals surface area contributed by atoms with Crippen molar-refractivity contribution in [2.45, 2.75) is 32.9 Å². The first-order chi connectivity index (χ1) is 6.31. The SMILES string of the molecule is [2H]C([2H])(OC(C)(C)C)c1ccccc1. The average molecular weight is 166 g/mol. The van der Waals surface area contributed by atoms with Gasteiger partial charge in [0.2, 0.25) is 0 Å². The Kier molecular flexibility index (Phi) is 2.07. The number of hydrogen-bond donors (Lipinski definition) is 0. The lowest BCUT2D eigenvalue weighted by molar-refractivity contribution is -0.0149. The van der Waals surface area contributed by atoms with E-state index in [1.807, 2.05) is 26.8 Å². The Hall–Kier alpha value is -0.820. The molecule has 1 nitrogen and oxygen atoms in total. The molecular formula is C11H16O. The second-order valence-corrected chi connectivity index (χ2v) is 3.68. The number of rotatable bonds is 2. The minimum absolute atomic E-state index is 0.487. The van der Waals surface area contributed by atoms with Crippen molar-refractivity contribution in [3.05, 3.63) is 35.9 Å². The van der Waals surface area contributed by atoms with Gasteiger partial charge in [-0.05, 0) is 26.3 Å². The van der Waals surface area contributed by atoms with E-state index in [0.29, 0.717) is 5.56 Å². The maximum Gasteiger partial charge on any atom is 0.0724 e. The van der Waals surface area contributed by atoms with Crippen molar-refractivity contribution in [1.82, 2.24) is 0 Å². The molecule has 0 aromatic heterocycles. The van der Waals surface area contributed by atoms with Gasteiger partial charge in [0.05, 0.1) is 14.9 Å². The Morgan fingerprint density at radius 3 is 2.33 bits per heavy atom. The number of benzene rings is 1. The van der Waals surface area contributed by atoms with Gasteiger partial charge in [-0.1, -0.05) is 30.3 Å². The van der Waals surface area contributed by atoms with Gasteiger partial charge in [-0.15, -0.1) is 0 Å². The number of hydrogen-bond acceptors (Lipinski definition) is 1. The molecule has 0 N–H and O–H groups in total. The van der Waals surface area contributed by atoms with Crippen LogP contribution in [-0.2, 0) is 11.3 Å². The molecule has 12 heavy (non-hydrogen) atoms. The molecule has 0 saturated heterocycles. The quantitative estimate of drug-likeness (QED) is 0.656. The van der Waals surface area contributed by atoms with E-state index in [1.165, 1.54) is 0 Å². The zero-order valence-corrected chi connectivity index (χ0v) is 7.79. The fourth-order valence-electron chi connectivity index (χ4n) is 0.718. The van der Waals surface area contributed by atoms with Crippen molar-refractivity contribution in [2.75, 3.05) is 0 Å². The smallest absolute Gasteiger partial charge is 0.0724 e. The molecule has 0 radical (unpaired) electrons. The van der Waals surface area contributed by atoms with Crippen LogP contribution in [0.25, 0.3) is 0 Å². The summed E-state index contributed by atoms with van der Waals surface area (Å²) in [5.41, 5.74) is 0.0641.